The van der Waals surface area contributed by atoms with Gasteiger partial charge < -0.3 is 9.09 Å². The zero-order valence-electron chi connectivity index (χ0n) is 19.4. The van der Waals surface area contributed by atoms with E-state index >= 15 is 0 Å². The molecule has 7 heteroatoms. The predicted molar refractivity (Wildman–Crippen MR) is 140 cm³/mol. The monoisotopic (exact) mass is 468 g/mol. The summed E-state index contributed by atoms with van der Waals surface area (Å²) in [7, 11) is 0. The maximum atomic E-state index is 5.77. The summed E-state index contributed by atoms with van der Waals surface area (Å²) in [6.07, 6.45) is 0. The Hall–Kier alpha value is -5.04. The molecule has 0 atom stereocenters. The summed E-state index contributed by atoms with van der Waals surface area (Å²) in [5.74, 6) is 1.31. The molecule has 0 unspecified atom stereocenters. The Balaban J connectivity index is 1.57. The summed E-state index contributed by atoms with van der Waals surface area (Å²) >= 11 is 0. The van der Waals surface area contributed by atoms with E-state index in [9.17, 15) is 0 Å². The molecule has 0 saturated carbocycles. The van der Waals surface area contributed by atoms with Gasteiger partial charge in [-0.25, -0.2) is 0 Å². The molecule has 7 aromatic rings. The summed E-state index contributed by atoms with van der Waals surface area (Å²) in [5, 5.41) is 22.6. The molecule has 0 aliphatic rings. The number of H-pyrrole nitrogens is 1. The molecule has 0 aliphatic heterocycles. The van der Waals surface area contributed by atoms with Gasteiger partial charge in [-0.2, -0.15) is 5.21 Å². The van der Waals surface area contributed by atoms with Crippen LogP contribution in [-0.4, -0.2) is 30.3 Å². The molecule has 1 N–H and O–H groups in total. The number of benzene rings is 4. The van der Waals surface area contributed by atoms with Crippen molar-refractivity contribution in [3.05, 3.63) is 103 Å². The molecule has 7 rings (SSSR count). The van der Waals surface area contributed by atoms with Crippen molar-refractivity contribution in [2.24, 2.45) is 0 Å². The number of nitrogens with one attached hydrogen (secondary N) is 1. The highest BCUT2D eigenvalue weighted by atomic mass is 16.5. The Morgan fingerprint density at radius 1 is 0.778 bits per heavy atom. The van der Waals surface area contributed by atoms with Crippen LogP contribution in [0.15, 0.2) is 102 Å². The molecule has 3 aromatic heterocycles. The van der Waals surface area contributed by atoms with Crippen LogP contribution < -0.4 is 0 Å². The largest absolute Gasteiger partial charge is 0.360 e. The number of hydrogen-bond donors (Lipinski definition) is 1. The van der Waals surface area contributed by atoms with Gasteiger partial charge in [0.25, 0.3) is 0 Å². The molecule has 7 nitrogen and oxygen atoms in total. The Kier molecular flexibility index (Phi) is 4.53. The van der Waals surface area contributed by atoms with Crippen LogP contribution in [-0.2, 0) is 0 Å². The second-order valence-electron chi connectivity index (χ2n) is 8.70. The molecule has 0 bridgehead atoms. The highest BCUT2D eigenvalue weighted by molar-refractivity contribution is 6.09. The summed E-state index contributed by atoms with van der Waals surface area (Å²) in [4.78, 5) is 0. The predicted octanol–water partition coefficient (Wildman–Crippen LogP) is 6.59. The molecular weight excluding hydrogens is 448 g/mol. The van der Waals surface area contributed by atoms with Crippen LogP contribution in [0.25, 0.3) is 61.3 Å². The molecule has 0 saturated heterocycles. The zero-order chi connectivity index (χ0) is 24.1. The van der Waals surface area contributed by atoms with Crippen LogP contribution >= 0.6 is 0 Å². The van der Waals surface area contributed by atoms with Gasteiger partial charge in [0.1, 0.15) is 11.5 Å². The Morgan fingerprint density at radius 3 is 2.47 bits per heavy atom. The van der Waals surface area contributed by atoms with E-state index in [4.69, 9.17) is 4.52 Å². The van der Waals surface area contributed by atoms with Crippen molar-refractivity contribution in [1.82, 2.24) is 30.3 Å². The van der Waals surface area contributed by atoms with Crippen molar-refractivity contribution in [2.45, 2.75) is 6.92 Å². The number of nitrogens with zero attached hydrogens (tertiary/aromatic N) is 5. The van der Waals surface area contributed by atoms with Gasteiger partial charge in [0.15, 0.2) is 0 Å². The third kappa shape index (κ3) is 3.14. The van der Waals surface area contributed by atoms with Gasteiger partial charge in [0.05, 0.1) is 16.8 Å². The van der Waals surface area contributed by atoms with E-state index in [1.54, 1.807) is 0 Å². The minimum Gasteiger partial charge on any atom is -0.360 e. The Labute approximate surface area is 206 Å². The van der Waals surface area contributed by atoms with Crippen LogP contribution in [0.5, 0.6) is 0 Å². The summed E-state index contributed by atoms with van der Waals surface area (Å²) in [6, 6.07) is 33.3. The molecule has 3 heterocycles. The first-order valence-electron chi connectivity index (χ1n) is 11.7. The second-order valence-corrected chi connectivity index (χ2v) is 8.70. The number of aryl methyl sites for hydroxylation is 1. The van der Waals surface area contributed by atoms with E-state index in [-0.39, 0.29) is 0 Å². The van der Waals surface area contributed by atoms with Gasteiger partial charge in [-0.05, 0) is 47.2 Å². The Morgan fingerprint density at radius 2 is 1.61 bits per heavy atom. The molecule has 0 radical (unpaired) electrons. The summed E-state index contributed by atoms with van der Waals surface area (Å²) < 4.78 is 8.03. The van der Waals surface area contributed by atoms with Gasteiger partial charge in [-0.1, -0.05) is 78.0 Å². The Bertz CT molecular complexity index is 1850. The molecule has 0 aliphatic carbocycles. The van der Waals surface area contributed by atoms with Crippen LogP contribution in [0.1, 0.15) is 5.76 Å². The number of rotatable bonds is 4. The first kappa shape index (κ1) is 20.3. The lowest BCUT2D eigenvalue weighted by atomic mass is 10.0. The highest BCUT2D eigenvalue weighted by Gasteiger charge is 2.23. The van der Waals surface area contributed by atoms with E-state index < -0.39 is 0 Å². The SMILES string of the molecule is Cc1onc(-c2ccccc2)c1-c1cc2c3ccccc3ccc2n1-c1cccc(-c2nn[nH]n2)c1. The first-order valence-corrected chi connectivity index (χ1v) is 11.7. The fraction of sp³-hybridized carbons (Fsp3) is 0.0345. The lowest BCUT2D eigenvalue weighted by Gasteiger charge is -2.13. The number of fused-ring (bicyclic) bond motifs is 3. The normalized spacial score (nSPS) is 11.5. The number of hydrogen-bond acceptors (Lipinski definition) is 5. The van der Waals surface area contributed by atoms with Crippen LogP contribution in [0, 0.1) is 6.92 Å². The second kappa shape index (κ2) is 8.02. The fourth-order valence-corrected chi connectivity index (χ4v) is 4.96. The van der Waals surface area contributed by atoms with Crippen LogP contribution in [0.3, 0.4) is 0 Å². The van der Waals surface area contributed by atoms with E-state index in [0.717, 1.165) is 50.4 Å². The van der Waals surface area contributed by atoms with Crippen LogP contribution in [0.2, 0.25) is 0 Å². The van der Waals surface area contributed by atoms with Crippen molar-refractivity contribution in [3.8, 4) is 39.6 Å². The summed E-state index contributed by atoms with van der Waals surface area (Å²) in [5.41, 5.74) is 6.74. The van der Waals surface area contributed by atoms with E-state index in [1.165, 1.54) is 10.8 Å². The van der Waals surface area contributed by atoms with Gasteiger partial charge in [0.2, 0.25) is 5.82 Å². The average Bonchev–Trinajstić information content (AvgIpc) is 3.68. The smallest absolute Gasteiger partial charge is 0.204 e. The lowest BCUT2D eigenvalue weighted by Crippen LogP contribution is -1.98. The number of aromatic amines is 1. The van der Waals surface area contributed by atoms with Gasteiger partial charge >= 0.3 is 0 Å². The van der Waals surface area contributed by atoms with Crippen molar-refractivity contribution in [2.75, 3.05) is 0 Å². The third-order valence-electron chi connectivity index (χ3n) is 6.58. The van der Waals surface area contributed by atoms with Crippen molar-refractivity contribution in [3.63, 3.8) is 0 Å². The molecule has 172 valence electrons. The topological polar surface area (TPSA) is 85.4 Å². The maximum absolute atomic E-state index is 5.77. The molecule has 0 amide bonds. The van der Waals surface area contributed by atoms with Crippen molar-refractivity contribution in [1.29, 1.82) is 0 Å². The number of tetrazole rings is 1. The standard InChI is InChI=1S/C29H20N6O/c1-18-27(28(32-36-18)20-9-3-2-4-10-20)26-17-24-23-13-6-5-8-19(23)14-15-25(24)35(26)22-12-7-11-21(16-22)29-30-33-34-31-29/h2-17H,1H3,(H,30,31,33,34). The van der Waals surface area contributed by atoms with Gasteiger partial charge in [0, 0.05) is 22.2 Å². The zero-order valence-corrected chi connectivity index (χ0v) is 19.4. The third-order valence-corrected chi connectivity index (χ3v) is 6.58. The van der Waals surface area contributed by atoms with E-state index in [1.807, 2.05) is 37.3 Å². The molecule has 0 spiro atoms. The van der Waals surface area contributed by atoms with Crippen molar-refractivity contribution < 1.29 is 4.52 Å². The molecule has 4 aromatic carbocycles. The molecular formula is C29H20N6O. The maximum Gasteiger partial charge on any atom is 0.204 e. The summed E-state index contributed by atoms with van der Waals surface area (Å²) in [6.45, 7) is 1.96. The van der Waals surface area contributed by atoms with Crippen molar-refractivity contribution >= 4 is 21.7 Å². The van der Waals surface area contributed by atoms with E-state index in [2.05, 4.69) is 97.1 Å². The van der Waals surface area contributed by atoms with Crippen LogP contribution in [0.4, 0.5) is 0 Å². The number of aromatic nitrogens is 6. The highest BCUT2D eigenvalue weighted by Crippen LogP contribution is 2.41. The lowest BCUT2D eigenvalue weighted by molar-refractivity contribution is 0.400. The van der Waals surface area contributed by atoms with E-state index in [0.29, 0.717) is 5.82 Å². The minimum absolute atomic E-state index is 0.548. The molecule has 0 fully saturated rings. The average molecular weight is 469 g/mol. The van der Waals surface area contributed by atoms with Gasteiger partial charge in [-0.3, -0.25) is 0 Å². The molecule has 36 heavy (non-hydrogen) atoms. The van der Waals surface area contributed by atoms with Gasteiger partial charge in [-0.15, -0.1) is 10.2 Å². The quantitative estimate of drug-likeness (QED) is 0.315. The minimum atomic E-state index is 0.548. The fourth-order valence-electron chi connectivity index (χ4n) is 4.96. The first-order chi connectivity index (χ1) is 17.8.